The largest absolute Gasteiger partial charge is 0.480 e. The standard InChI is InChI=1S/C16H19F6NO2/c1-3-9(8-14(2,23)13(24)25)6-10-4-5-11(15(17,18)19)7-12(10)16(20,21)22/h4-5,7,9H,3,6,8,23H2,1-2H3,(H,24,25). The van der Waals surface area contributed by atoms with Gasteiger partial charge in [-0.2, -0.15) is 26.3 Å². The Kier molecular flexibility index (Phi) is 6.15. The number of hydrogen-bond acceptors (Lipinski definition) is 2. The highest BCUT2D eigenvalue weighted by Gasteiger charge is 2.39. The van der Waals surface area contributed by atoms with Gasteiger partial charge in [-0.1, -0.05) is 19.4 Å². The Balaban J connectivity index is 3.21. The first kappa shape index (κ1) is 21.3. The van der Waals surface area contributed by atoms with Crippen LogP contribution in [0.15, 0.2) is 18.2 Å². The predicted molar refractivity (Wildman–Crippen MR) is 78.8 cm³/mol. The van der Waals surface area contributed by atoms with Crippen LogP contribution in [-0.4, -0.2) is 16.6 Å². The van der Waals surface area contributed by atoms with E-state index in [1.54, 1.807) is 6.92 Å². The molecule has 0 bridgehead atoms. The fourth-order valence-electron chi connectivity index (χ4n) is 2.55. The van der Waals surface area contributed by atoms with Crippen LogP contribution in [0.1, 0.15) is 43.4 Å². The maximum atomic E-state index is 13.2. The molecule has 0 fully saturated rings. The van der Waals surface area contributed by atoms with Crippen LogP contribution >= 0.6 is 0 Å². The van der Waals surface area contributed by atoms with Gasteiger partial charge in [0.15, 0.2) is 0 Å². The van der Waals surface area contributed by atoms with E-state index in [0.717, 1.165) is 6.07 Å². The third-order valence-corrected chi connectivity index (χ3v) is 4.03. The van der Waals surface area contributed by atoms with Crippen molar-refractivity contribution in [3.8, 4) is 0 Å². The van der Waals surface area contributed by atoms with Gasteiger partial charge >= 0.3 is 18.3 Å². The Morgan fingerprint density at radius 1 is 1.16 bits per heavy atom. The van der Waals surface area contributed by atoms with E-state index in [0.29, 0.717) is 12.5 Å². The lowest BCUT2D eigenvalue weighted by atomic mass is 9.83. The topological polar surface area (TPSA) is 63.3 Å². The summed E-state index contributed by atoms with van der Waals surface area (Å²) >= 11 is 0. The van der Waals surface area contributed by atoms with E-state index >= 15 is 0 Å². The number of nitrogens with two attached hydrogens (primary N) is 1. The van der Waals surface area contributed by atoms with Gasteiger partial charge in [0.05, 0.1) is 11.1 Å². The van der Waals surface area contributed by atoms with Crippen molar-refractivity contribution < 1.29 is 36.2 Å². The highest BCUT2D eigenvalue weighted by Crippen LogP contribution is 2.38. The summed E-state index contributed by atoms with van der Waals surface area (Å²) in [6.07, 6.45) is -9.82. The molecule has 0 saturated carbocycles. The molecule has 0 spiro atoms. The Hall–Kier alpha value is -1.77. The van der Waals surface area contributed by atoms with Crippen molar-refractivity contribution in [1.29, 1.82) is 0 Å². The maximum Gasteiger partial charge on any atom is 0.416 e. The summed E-state index contributed by atoms with van der Waals surface area (Å²) in [7, 11) is 0. The summed E-state index contributed by atoms with van der Waals surface area (Å²) in [5.41, 5.74) is 0.929. The van der Waals surface area contributed by atoms with E-state index in [4.69, 9.17) is 10.8 Å². The molecule has 3 N–H and O–H groups in total. The molecular formula is C16H19F6NO2. The second kappa shape index (κ2) is 7.23. The quantitative estimate of drug-likeness (QED) is 0.725. The van der Waals surface area contributed by atoms with Gasteiger partial charge in [0.25, 0.3) is 0 Å². The zero-order valence-electron chi connectivity index (χ0n) is 13.6. The normalized spacial score (nSPS) is 16.4. The van der Waals surface area contributed by atoms with Crippen molar-refractivity contribution in [3.63, 3.8) is 0 Å². The number of hydrogen-bond donors (Lipinski definition) is 2. The van der Waals surface area contributed by atoms with Crippen LogP contribution in [0.2, 0.25) is 0 Å². The monoisotopic (exact) mass is 371 g/mol. The molecule has 1 rings (SSSR count). The summed E-state index contributed by atoms with van der Waals surface area (Å²) in [5.74, 6) is -1.82. The molecule has 1 aromatic rings. The number of carboxylic acids is 1. The molecule has 0 aliphatic rings. The molecule has 142 valence electrons. The van der Waals surface area contributed by atoms with Gasteiger partial charge in [0.1, 0.15) is 5.54 Å². The second-order valence-corrected chi connectivity index (χ2v) is 6.27. The summed E-state index contributed by atoms with van der Waals surface area (Å²) in [6.45, 7) is 2.90. The molecule has 0 saturated heterocycles. The minimum atomic E-state index is -4.95. The van der Waals surface area contributed by atoms with Crippen molar-refractivity contribution in [1.82, 2.24) is 0 Å². The lowest BCUT2D eigenvalue weighted by Crippen LogP contribution is -2.46. The molecule has 1 aromatic carbocycles. The fraction of sp³-hybridized carbons (Fsp3) is 0.562. The third-order valence-electron chi connectivity index (χ3n) is 4.03. The fourth-order valence-corrected chi connectivity index (χ4v) is 2.55. The van der Waals surface area contributed by atoms with Crippen LogP contribution in [0.3, 0.4) is 0 Å². The Morgan fingerprint density at radius 3 is 2.12 bits per heavy atom. The molecule has 3 nitrogen and oxygen atoms in total. The number of rotatable bonds is 6. The summed E-state index contributed by atoms with van der Waals surface area (Å²) in [5, 5.41) is 9.03. The van der Waals surface area contributed by atoms with Crippen molar-refractivity contribution in [3.05, 3.63) is 34.9 Å². The van der Waals surface area contributed by atoms with E-state index in [-0.39, 0.29) is 24.5 Å². The van der Waals surface area contributed by atoms with Gasteiger partial charge in [-0.15, -0.1) is 0 Å². The predicted octanol–water partition coefficient (Wildman–Crippen LogP) is 4.49. The van der Waals surface area contributed by atoms with E-state index in [1.807, 2.05) is 0 Å². The number of aliphatic carboxylic acids is 1. The van der Waals surface area contributed by atoms with Gasteiger partial charge in [0, 0.05) is 0 Å². The van der Waals surface area contributed by atoms with Crippen molar-refractivity contribution in [2.75, 3.05) is 0 Å². The number of alkyl halides is 6. The first-order chi connectivity index (χ1) is 11.2. The molecule has 25 heavy (non-hydrogen) atoms. The molecular weight excluding hydrogens is 352 g/mol. The SMILES string of the molecule is CCC(Cc1ccc(C(F)(F)F)cc1C(F)(F)F)CC(C)(N)C(=O)O. The minimum Gasteiger partial charge on any atom is -0.480 e. The van der Waals surface area contributed by atoms with Gasteiger partial charge in [-0.3, -0.25) is 4.79 Å². The smallest absolute Gasteiger partial charge is 0.416 e. The maximum absolute atomic E-state index is 13.2. The first-order valence-electron chi connectivity index (χ1n) is 7.48. The molecule has 0 amide bonds. The summed E-state index contributed by atoms with van der Waals surface area (Å²) in [4.78, 5) is 11.1. The van der Waals surface area contributed by atoms with Crippen LogP contribution in [0, 0.1) is 5.92 Å². The summed E-state index contributed by atoms with van der Waals surface area (Å²) < 4.78 is 77.5. The molecule has 2 atom stereocenters. The molecule has 0 aliphatic heterocycles. The van der Waals surface area contributed by atoms with E-state index in [1.165, 1.54) is 6.92 Å². The second-order valence-electron chi connectivity index (χ2n) is 6.27. The highest BCUT2D eigenvalue weighted by atomic mass is 19.4. The van der Waals surface area contributed by atoms with Crippen LogP contribution in [0.25, 0.3) is 0 Å². The van der Waals surface area contributed by atoms with Crippen molar-refractivity contribution >= 4 is 5.97 Å². The third kappa shape index (κ3) is 5.62. The molecule has 0 radical (unpaired) electrons. The van der Waals surface area contributed by atoms with E-state index in [9.17, 15) is 31.1 Å². The lowest BCUT2D eigenvalue weighted by molar-refractivity contribution is -0.145. The van der Waals surface area contributed by atoms with Crippen LogP contribution in [0.5, 0.6) is 0 Å². The van der Waals surface area contributed by atoms with Crippen molar-refractivity contribution in [2.45, 2.75) is 51.0 Å². The molecule has 0 heterocycles. The summed E-state index contributed by atoms with van der Waals surface area (Å²) in [6, 6.07) is 1.47. The van der Waals surface area contributed by atoms with Crippen molar-refractivity contribution in [2.24, 2.45) is 11.7 Å². The average molecular weight is 371 g/mol. The van der Waals surface area contributed by atoms with Gasteiger partial charge < -0.3 is 10.8 Å². The Bertz CT molecular complexity index is 622. The number of benzene rings is 1. The minimum absolute atomic E-state index is 0.0842. The van der Waals surface area contributed by atoms with Crippen LogP contribution in [-0.2, 0) is 23.6 Å². The zero-order valence-corrected chi connectivity index (χ0v) is 13.6. The van der Waals surface area contributed by atoms with E-state index in [2.05, 4.69) is 0 Å². The number of carboxylic acid groups (broad SMARTS) is 1. The van der Waals surface area contributed by atoms with Gasteiger partial charge in [-0.05, 0) is 43.4 Å². The van der Waals surface area contributed by atoms with Gasteiger partial charge in [-0.25, -0.2) is 0 Å². The highest BCUT2D eigenvalue weighted by molar-refractivity contribution is 5.77. The average Bonchev–Trinajstić information content (AvgIpc) is 2.44. The van der Waals surface area contributed by atoms with Gasteiger partial charge in [0.2, 0.25) is 0 Å². The number of halogens is 6. The molecule has 9 heteroatoms. The first-order valence-corrected chi connectivity index (χ1v) is 7.48. The van der Waals surface area contributed by atoms with E-state index < -0.39 is 40.9 Å². The molecule has 2 unspecified atom stereocenters. The molecule has 0 aliphatic carbocycles. The van der Waals surface area contributed by atoms with Crippen LogP contribution < -0.4 is 5.73 Å². The lowest BCUT2D eigenvalue weighted by Gasteiger charge is -2.26. The number of carbonyl (C=O) groups is 1. The Morgan fingerprint density at radius 2 is 1.72 bits per heavy atom. The Labute approximate surface area is 140 Å². The van der Waals surface area contributed by atoms with Crippen LogP contribution in [0.4, 0.5) is 26.3 Å². The molecule has 0 aromatic heterocycles. The zero-order chi connectivity index (χ0) is 19.6.